The number of nitro groups is 1. The van der Waals surface area contributed by atoms with Gasteiger partial charge in [0.15, 0.2) is 5.78 Å². The number of allylic oxidation sites excluding steroid dienone is 2. The Morgan fingerprint density at radius 3 is 2.34 bits per heavy atom. The van der Waals surface area contributed by atoms with Crippen LogP contribution in [0.15, 0.2) is 82.5 Å². The summed E-state index contributed by atoms with van der Waals surface area (Å²) in [6.07, 6.45) is 0. The molecule has 3 aromatic rings. The summed E-state index contributed by atoms with van der Waals surface area (Å²) in [5, 5.41) is 13.1. The quantitative estimate of drug-likeness (QED) is 0.167. The number of morpholine rings is 1. The number of nitrogens with zero attached hydrogens (tertiary/aromatic N) is 5. The van der Waals surface area contributed by atoms with Crippen molar-refractivity contribution in [3.05, 3.63) is 99.0 Å². The standard InChI is InChI=1S/C31H34N5O4P/c1-31(2)25-8-6-7-9-26(25)34(5)30(31)29-28(37)24-20-23(33(3)4)14-15-27(24)41(29,35-16-18-40-19-17-35)32-21-10-12-22(13-11-21)36(38)39/h6-15,20H,16-19H2,1-5H3/b30-29+/t41-/m0/s1. The molecule has 1 saturated heterocycles. The van der Waals surface area contributed by atoms with Gasteiger partial charge in [-0.1, -0.05) is 32.0 Å². The van der Waals surface area contributed by atoms with Gasteiger partial charge in [0.1, 0.15) is 7.21 Å². The van der Waals surface area contributed by atoms with E-state index in [0.29, 0.717) is 37.6 Å². The summed E-state index contributed by atoms with van der Waals surface area (Å²) >= 11 is 0. The van der Waals surface area contributed by atoms with Crippen molar-refractivity contribution in [2.24, 2.45) is 4.74 Å². The van der Waals surface area contributed by atoms with Gasteiger partial charge < -0.3 is 14.5 Å². The number of carbonyl (C=O) groups is 1. The fourth-order valence-electron chi connectivity index (χ4n) is 6.43. The monoisotopic (exact) mass is 571 g/mol. The van der Waals surface area contributed by atoms with Crippen LogP contribution in [0.3, 0.4) is 0 Å². The molecule has 0 amide bonds. The number of nitro benzene ring substituents is 1. The second-order valence-corrected chi connectivity index (χ2v) is 14.3. The fourth-order valence-corrected chi connectivity index (χ4v) is 10.7. The maximum Gasteiger partial charge on any atom is 0.269 e. The summed E-state index contributed by atoms with van der Waals surface area (Å²) in [6.45, 7) is 6.69. The minimum Gasteiger partial charge on any atom is -0.379 e. The first kappa shape index (κ1) is 27.4. The van der Waals surface area contributed by atoms with Gasteiger partial charge in [-0.15, -0.1) is 0 Å². The van der Waals surface area contributed by atoms with Gasteiger partial charge in [-0.2, -0.15) is 0 Å². The lowest BCUT2D eigenvalue weighted by atomic mass is 9.83. The molecule has 10 heteroatoms. The fraction of sp³-hybridized carbons (Fsp3) is 0.323. The SMILES string of the molecule is CN(C)c1ccc2c(c1)C(=O)/C(=C1\N(C)c3ccccc3C1(C)C)[P@@]2(=Nc1ccc([N+](=O)[O-])cc1)N1CCOCC1. The maximum atomic E-state index is 14.9. The third-order valence-corrected chi connectivity index (χ3v) is 12.3. The number of para-hydroxylation sites is 1. The lowest BCUT2D eigenvalue weighted by Crippen LogP contribution is -2.37. The van der Waals surface area contributed by atoms with E-state index in [4.69, 9.17) is 9.48 Å². The predicted molar refractivity (Wildman–Crippen MR) is 164 cm³/mol. The van der Waals surface area contributed by atoms with Crippen LogP contribution in [0.2, 0.25) is 0 Å². The summed E-state index contributed by atoms with van der Waals surface area (Å²) in [5.41, 5.74) is 4.98. The summed E-state index contributed by atoms with van der Waals surface area (Å²) in [4.78, 5) is 30.0. The molecule has 0 N–H and O–H groups in total. The molecule has 3 aliphatic heterocycles. The van der Waals surface area contributed by atoms with Crippen molar-refractivity contribution in [2.75, 3.05) is 57.2 Å². The number of anilines is 2. The van der Waals surface area contributed by atoms with Gasteiger partial charge in [0, 0.05) is 79.7 Å². The molecule has 0 saturated carbocycles. The summed E-state index contributed by atoms with van der Waals surface area (Å²) in [5.74, 6) is -0.00285. The molecule has 0 unspecified atom stereocenters. The Morgan fingerprint density at radius 1 is 1.02 bits per heavy atom. The lowest BCUT2D eigenvalue weighted by molar-refractivity contribution is -0.384. The van der Waals surface area contributed by atoms with E-state index < -0.39 is 17.5 Å². The first-order chi connectivity index (χ1) is 19.6. The number of rotatable bonds is 4. The summed E-state index contributed by atoms with van der Waals surface area (Å²) in [7, 11) is 3.07. The van der Waals surface area contributed by atoms with Crippen LogP contribution in [0.1, 0.15) is 29.8 Å². The largest absolute Gasteiger partial charge is 0.379 e. The number of benzene rings is 3. The van der Waals surface area contributed by atoms with Crippen LogP contribution in [-0.4, -0.2) is 62.8 Å². The first-order valence-electron chi connectivity index (χ1n) is 13.7. The average molecular weight is 572 g/mol. The van der Waals surface area contributed by atoms with E-state index in [0.717, 1.165) is 33.3 Å². The second kappa shape index (κ2) is 9.94. The number of fused-ring (bicyclic) bond motifs is 2. The Balaban J connectivity index is 1.74. The van der Waals surface area contributed by atoms with Crippen molar-refractivity contribution in [2.45, 2.75) is 19.3 Å². The molecule has 3 aromatic carbocycles. The average Bonchev–Trinajstić information content (AvgIpc) is 3.32. The van der Waals surface area contributed by atoms with Gasteiger partial charge in [0.25, 0.3) is 5.69 Å². The number of Topliss-reactive ketones (excluding diaryl/α,β-unsaturated/α-hetero) is 1. The minimum atomic E-state index is -2.91. The third kappa shape index (κ3) is 4.14. The van der Waals surface area contributed by atoms with E-state index >= 15 is 0 Å². The predicted octanol–water partition coefficient (Wildman–Crippen LogP) is 5.90. The summed E-state index contributed by atoms with van der Waals surface area (Å²) in [6, 6.07) is 20.8. The molecule has 0 aromatic heterocycles. The molecule has 1 fully saturated rings. The Morgan fingerprint density at radius 2 is 1.71 bits per heavy atom. The van der Waals surface area contributed by atoms with Crippen molar-refractivity contribution >= 4 is 41.0 Å². The van der Waals surface area contributed by atoms with Gasteiger partial charge in [0.05, 0.1) is 29.1 Å². The first-order valence-corrected chi connectivity index (χ1v) is 15.4. The molecule has 9 nitrogen and oxygen atoms in total. The molecule has 3 aliphatic rings. The molecule has 0 spiro atoms. The molecule has 6 rings (SSSR count). The molecule has 3 heterocycles. The number of likely N-dealkylation sites (N-methyl/N-ethyl adjacent to an activating group) is 1. The topological polar surface area (TPSA) is 91.5 Å². The highest BCUT2D eigenvalue weighted by Crippen LogP contribution is 2.69. The van der Waals surface area contributed by atoms with Crippen LogP contribution in [0.25, 0.3) is 0 Å². The third-order valence-electron chi connectivity index (χ3n) is 8.41. The van der Waals surface area contributed by atoms with Crippen LogP contribution in [0.5, 0.6) is 0 Å². The zero-order chi connectivity index (χ0) is 29.1. The van der Waals surface area contributed by atoms with E-state index in [2.05, 4.69) is 47.7 Å². The smallest absolute Gasteiger partial charge is 0.269 e. The highest BCUT2D eigenvalue weighted by Gasteiger charge is 2.53. The molecule has 212 valence electrons. The van der Waals surface area contributed by atoms with Crippen molar-refractivity contribution in [1.29, 1.82) is 0 Å². The highest BCUT2D eigenvalue weighted by atomic mass is 31.2. The lowest BCUT2D eigenvalue weighted by Gasteiger charge is -2.39. The normalized spacial score (nSPS) is 23.3. The second-order valence-electron chi connectivity index (χ2n) is 11.4. The van der Waals surface area contributed by atoms with E-state index in [1.165, 1.54) is 12.1 Å². The Hall–Kier alpha value is -3.78. The van der Waals surface area contributed by atoms with E-state index in [1.54, 1.807) is 12.1 Å². The maximum absolute atomic E-state index is 14.9. The molecule has 0 radical (unpaired) electrons. The van der Waals surface area contributed by atoms with Crippen molar-refractivity contribution < 1.29 is 14.5 Å². The highest BCUT2D eigenvalue weighted by molar-refractivity contribution is 7.78. The van der Waals surface area contributed by atoms with Crippen LogP contribution in [-0.2, 0) is 10.2 Å². The van der Waals surface area contributed by atoms with Gasteiger partial charge in [-0.25, -0.2) is 4.74 Å². The Bertz CT molecular complexity index is 1660. The molecule has 0 bridgehead atoms. The number of ketones is 1. The van der Waals surface area contributed by atoms with Crippen LogP contribution < -0.4 is 15.1 Å². The number of carbonyl (C=O) groups excluding carboxylic acids is 1. The Kier molecular flexibility index (Phi) is 6.64. The molecule has 1 atom stereocenters. The van der Waals surface area contributed by atoms with Crippen LogP contribution in [0, 0.1) is 10.1 Å². The zero-order valence-corrected chi connectivity index (χ0v) is 24.9. The zero-order valence-electron chi connectivity index (χ0n) is 24.0. The number of hydrogen-bond acceptors (Lipinski definition) is 7. The molecular formula is C31H34N5O4P. The van der Waals surface area contributed by atoms with Crippen molar-refractivity contribution in [3.8, 4) is 0 Å². The van der Waals surface area contributed by atoms with E-state index in [9.17, 15) is 14.9 Å². The van der Waals surface area contributed by atoms with Crippen molar-refractivity contribution in [3.63, 3.8) is 0 Å². The Labute approximate surface area is 240 Å². The number of non-ortho nitro benzene ring substituents is 1. The molecule has 0 aliphatic carbocycles. The number of ether oxygens (including phenoxy) is 1. The van der Waals surface area contributed by atoms with Gasteiger partial charge in [0.2, 0.25) is 0 Å². The van der Waals surface area contributed by atoms with Gasteiger partial charge in [-0.3, -0.25) is 19.6 Å². The van der Waals surface area contributed by atoms with E-state index in [1.807, 2.05) is 44.2 Å². The van der Waals surface area contributed by atoms with Crippen molar-refractivity contribution in [1.82, 2.24) is 4.67 Å². The van der Waals surface area contributed by atoms with Crippen LogP contribution in [0.4, 0.5) is 22.7 Å². The minimum absolute atomic E-state index is 0.00285. The summed E-state index contributed by atoms with van der Waals surface area (Å²) < 4.78 is 13.6. The van der Waals surface area contributed by atoms with Crippen LogP contribution >= 0.6 is 7.21 Å². The molecule has 41 heavy (non-hydrogen) atoms. The molecular weight excluding hydrogens is 537 g/mol. The van der Waals surface area contributed by atoms with Gasteiger partial charge >= 0.3 is 0 Å². The number of hydrogen-bond donors (Lipinski definition) is 0. The van der Waals surface area contributed by atoms with Gasteiger partial charge in [-0.05, 0) is 42.0 Å². The van der Waals surface area contributed by atoms with E-state index in [-0.39, 0.29) is 11.5 Å².